The molecule has 3 rings (SSSR count). The molecule has 0 aliphatic heterocycles. The van der Waals surface area contributed by atoms with Gasteiger partial charge >= 0.3 is 0 Å². The van der Waals surface area contributed by atoms with Crippen molar-refractivity contribution in [2.45, 2.75) is 20.3 Å². The zero-order chi connectivity index (χ0) is 22.6. The molecule has 0 spiro atoms. The summed E-state index contributed by atoms with van der Waals surface area (Å²) in [5, 5.41) is 0. The normalized spacial score (nSPS) is 11.4. The van der Waals surface area contributed by atoms with E-state index in [2.05, 4.69) is 4.72 Å². The number of ether oxygens (including phenoxy) is 1. The highest BCUT2D eigenvalue weighted by Crippen LogP contribution is 2.22. The van der Waals surface area contributed by atoms with Gasteiger partial charge in [-0.3, -0.25) is 9.52 Å². The fourth-order valence-electron chi connectivity index (χ4n) is 3.18. The quantitative estimate of drug-likeness (QED) is 0.503. The predicted octanol–water partition coefficient (Wildman–Crippen LogP) is 4.15. The zero-order valence-electron chi connectivity index (χ0n) is 17.7. The SMILES string of the molecule is CCOc1ccc(C(=O)c2ccc(Cc3ccc(NS(=O)(=O)CC)cc3F)n2C)cc1. The van der Waals surface area contributed by atoms with Gasteiger partial charge in [-0.2, -0.15) is 0 Å². The van der Waals surface area contributed by atoms with Crippen molar-refractivity contribution in [2.75, 3.05) is 17.1 Å². The number of aromatic nitrogens is 1. The number of hydrogen-bond donors (Lipinski definition) is 1. The van der Waals surface area contributed by atoms with Crippen LogP contribution in [-0.4, -0.2) is 31.1 Å². The van der Waals surface area contributed by atoms with Crippen LogP contribution >= 0.6 is 0 Å². The Kier molecular flexibility index (Phi) is 6.80. The van der Waals surface area contributed by atoms with Gasteiger partial charge in [0.25, 0.3) is 0 Å². The van der Waals surface area contributed by atoms with Crippen molar-refractivity contribution in [2.24, 2.45) is 7.05 Å². The van der Waals surface area contributed by atoms with E-state index in [9.17, 15) is 17.6 Å². The van der Waals surface area contributed by atoms with Crippen LogP contribution in [0.1, 0.15) is 41.2 Å². The number of halogens is 1. The molecule has 164 valence electrons. The Balaban J connectivity index is 1.78. The topological polar surface area (TPSA) is 77.4 Å². The Morgan fingerprint density at radius 1 is 1.06 bits per heavy atom. The van der Waals surface area contributed by atoms with Crippen LogP contribution in [0.4, 0.5) is 10.1 Å². The average Bonchev–Trinajstić information content (AvgIpc) is 3.10. The van der Waals surface area contributed by atoms with Gasteiger partial charge in [0.1, 0.15) is 11.6 Å². The van der Waals surface area contributed by atoms with Crippen LogP contribution in [0.15, 0.2) is 54.6 Å². The number of ketones is 1. The maximum atomic E-state index is 14.6. The first-order valence-electron chi connectivity index (χ1n) is 9.95. The Labute approximate surface area is 181 Å². The summed E-state index contributed by atoms with van der Waals surface area (Å²) in [5.41, 5.74) is 2.37. The number of benzene rings is 2. The maximum absolute atomic E-state index is 14.6. The molecule has 0 radical (unpaired) electrons. The van der Waals surface area contributed by atoms with Crippen molar-refractivity contribution in [3.05, 3.63) is 82.9 Å². The molecule has 0 amide bonds. The summed E-state index contributed by atoms with van der Waals surface area (Å²) in [6, 6.07) is 14.7. The number of hydrogen-bond acceptors (Lipinski definition) is 4. The lowest BCUT2D eigenvalue weighted by Gasteiger charge is -2.11. The van der Waals surface area contributed by atoms with Crippen molar-refractivity contribution in [1.82, 2.24) is 4.57 Å². The van der Waals surface area contributed by atoms with Gasteiger partial charge in [-0.25, -0.2) is 12.8 Å². The first kappa shape index (κ1) is 22.6. The number of nitrogens with one attached hydrogen (secondary N) is 1. The average molecular weight is 445 g/mol. The van der Waals surface area contributed by atoms with Gasteiger partial charge in [0.2, 0.25) is 15.8 Å². The zero-order valence-corrected chi connectivity index (χ0v) is 18.5. The fourth-order valence-corrected chi connectivity index (χ4v) is 3.81. The smallest absolute Gasteiger partial charge is 0.232 e. The van der Waals surface area contributed by atoms with Gasteiger partial charge in [0.15, 0.2) is 0 Å². The molecule has 6 nitrogen and oxygen atoms in total. The molecule has 0 saturated heterocycles. The molecule has 0 aliphatic rings. The van der Waals surface area contributed by atoms with Gasteiger partial charge in [0, 0.05) is 24.7 Å². The number of carbonyl (C=O) groups excluding carboxylic acids is 1. The lowest BCUT2D eigenvalue weighted by molar-refractivity contribution is 0.103. The number of nitrogens with zero attached hydrogens (tertiary/aromatic N) is 1. The van der Waals surface area contributed by atoms with E-state index in [4.69, 9.17) is 4.74 Å². The molecule has 0 aliphatic carbocycles. The number of anilines is 1. The van der Waals surface area contributed by atoms with Crippen LogP contribution < -0.4 is 9.46 Å². The van der Waals surface area contributed by atoms with Gasteiger partial charge < -0.3 is 9.30 Å². The van der Waals surface area contributed by atoms with Crippen LogP contribution in [0, 0.1) is 5.82 Å². The van der Waals surface area contributed by atoms with Crippen molar-refractivity contribution in [3.63, 3.8) is 0 Å². The molecule has 31 heavy (non-hydrogen) atoms. The number of rotatable bonds is 9. The largest absolute Gasteiger partial charge is 0.494 e. The molecule has 0 bridgehead atoms. The Bertz CT molecular complexity index is 1180. The molecule has 2 aromatic carbocycles. The highest BCUT2D eigenvalue weighted by Gasteiger charge is 2.16. The van der Waals surface area contributed by atoms with E-state index in [0.717, 1.165) is 11.8 Å². The molecule has 3 aromatic rings. The number of sulfonamides is 1. The Morgan fingerprint density at radius 3 is 2.39 bits per heavy atom. The molecule has 0 saturated carbocycles. The van der Waals surface area contributed by atoms with E-state index in [1.54, 1.807) is 54.1 Å². The standard InChI is InChI=1S/C23H25FN2O4S/c1-4-30-20-11-7-16(8-12-20)23(27)22-13-10-19(26(22)3)14-17-6-9-18(15-21(17)24)25-31(28,29)5-2/h6-13,15,25H,4-5,14H2,1-3H3. The summed E-state index contributed by atoms with van der Waals surface area (Å²) in [6.45, 7) is 3.95. The highest BCUT2D eigenvalue weighted by molar-refractivity contribution is 7.92. The molecular formula is C23H25FN2O4S. The van der Waals surface area contributed by atoms with Crippen molar-refractivity contribution >= 4 is 21.5 Å². The van der Waals surface area contributed by atoms with E-state index in [0.29, 0.717) is 29.2 Å². The summed E-state index contributed by atoms with van der Waals surface area (Å²) >= 11 is 0. The minimum atomic E-state index is -3.47. The van der Waals surface area contributed by atoms with E-state index in [1.807, 2.05) is 6.92 Å². The molecule has 1 N–H and O–H groups in total. The third-order valence-electron chi connectivity index (χ3n) is 4.96. The second-order valence-corrected chi connectivity index (χ2v) is 9.05. The summed E-state index contributed by atoms with van der Waals surface area (Å²) in [7, 11) is -1.71. The van der Waals surface area contributed by atoms with E-state index >= 15 is 0 Å². The second kappa shape index (κ2) is 9.34. The predicted molar refractivity (Wildman–Crippen MR) is 119 cm³/mol. The Morgan fingerprint density at radius 2 is 1.77 bits per heavy atom. The molecule has 0 atom stereocenters. The maximum Gasteiger partial charge on any atom is 0.232 e. The van der Waals surface area contributed by atoms with Crippen molar-refractivity contribution in [1.29, 1.82) is 0 Å². The minimum Gasteiger partial charge on any atom is -0.494 e. The van der Waals surface area contributed by atoms with E-state index in [-0.39, 0.29) is 23.6 Å². The van der Waals surface area contributed by atoms with E-state index < -0.39 is 15.8 Å². The highest BCUT2D eigenvalue weighted by atomic mass is 32.2. The van der Waals surface area contributed by atoms with Crippen molar-refractivity contribution < 1.29 is 22.3 Å². The minimum absolute atomic E-state index is 0.0924. The summed E-state index contributed by atoms with van der Waals surface area (Å²) in [5.74, 6) is -0.0459. The van der Waals surface area contributed by atoms with E-state index in [1.165, 1.54) is 13.0 Å². The number of carbonyl (C=O) groups is 1. The Hall–Kier alpha value is -3.13. The summed E-state index contributed by atoms with van der Waals surface area (Å²) < 4.78 is 47.4. The van der Waals surface area contributed by atoms with Crippen LogP contribution in [0.25, 0.3) is 0 Å². The van der Waals surface area contributed by atoms with Gasteiger partial charge in [0.05, 0.1) is 23.7 Å². The van der Waals surface area contributed by atoms with Crippen molar-refractivity contribution in [3.8, 4) is 5.75 Å². The van der Waals surface area contributed by atoms with Gasteiger partial charge in [-0.15, -0.1) is 0 Å². The second-order valence-electron chi connectivity index (χ2n) is 7.04. The fraction of sp³-hybridized carbons (Fsp3) is 0.261. The van der Waals surface area contributed by atoms with Crippen LogP contribution in [-0.2, 0) is 23.5 Å². The molecular weight excluding hydrogens is 419 g/mol. The monoisotopic (exact) mass is 444 g/mol. The third kappa shape index (κ3) is 5.32. The van der Waals surface area contributed by atoms with Gasteiger partial charge in [-0.05, 0) is 67.9 Å². The molecule has 8 heteroatoms. The molecule has 0 unspecified atom stereocenters. The van der Waals surface area contributed by atoms with Crippen LogP contribution in [0.2, 0.25) is 0 Å². The molecule has 1 heterocycles. The summed E-state index contributed by atoms with van der Waals surface area (Å²) in [6.07, 6.45) is 0.264. The summed E-state index contributed by atoms with van der Waals surface area (Å²) in [4.78, 5) is 12.9. The van der Waals surface area contributed by atoms with Gasteiger partial charge in [-0.1, -0.05) is 6.07 Å². The molecule has 1 aromatic heterocycles. The first-order valence-corrected chi connectivity index (χ1v) is 11.6. The van der Waals surface area contributed by atoms with Crippen LogP contribution in [0.3, 0.4) is 0 Å². The molecule has 0 fully saturated rings. The lowest BCUT2D eigenvalue weighted by atomic mass is 10.1. The lowest BCUT2D eigenvalue weighted by Crippen LogP contribution is -2.15. The van der Waals surface area contributed by atoms with Crippen LogP contribution in [0.5, 0.6) is 5.75 Å². The third-order valence-corrected chi connectivity index (χ3v) is 6.27. The first-order chi connectivity index (χ1) is 14.7.